The van der Waals surface area contributed by atoms with Gasteiger partial charge in [0.1, 0.15) is 0 Å². The van der Waals surface area contributed by atoms with E-state index in [4.69, 9.17) is 11.6 Å². The molecule has 0 aromatic heterocycles. The fraction of sp³-hybridized carbons (Fsp3) is 0.533. The van der Waals surface area contributed by atoms with Gasteiger partial charge in [-0.1, -0.05) is 37.6 Å². The van der Waals surface area contributed by atoms with E-state index in [1.807, 2.05) is 18.2 Å². The number of aliphatic imine (C=N–C) groups is 1. The van der Waals surface area contributed by atoms with Crippen molar-refractivity contribution in [2.75, 3.05) is 20.1 Å². The van der Waals surface area contributed by atoms with E-state index in [1.54, 1.807) is 7.05 Å². The van der Waals surface area contributed by atoms with Gasteiger partial charge in [0.15, 0.2) is 5.96 Å². The normalized spacial score (nSPS) is 11.8. The van der Waals surface area contributed by atoms with Gasteiger partial charge in [0, 0.05) is 25.2 Å². The Kier molecular flexibility index (Phi) is 9.22. The zero-order valence-corrected chi connectivity index (χ0v) is 15.8. The Hall–Kier alpha value is -0.490. The molecule has 0 atom stereocenters. The van der Waals surface area contributed by atoms with Crippen LogP contribution in [0.2, 0.25) is 5.02 Å². The first-order valence-electron chi connectivity index (χ1n) is 6.66. The number of hydrogen-bond donors (Lipinski definition) is 2. The highest BCUT2D eigenvalue weighted by molar-refractivity contribution is 14.0. The van der Waals surface area contributed by atoms with Gasteiger partial charge in [0.05, 0.1) is 0 Å². The van der Waals surface area contributed by atoms with Crippen LogP contribution < -0.4 is 10.6 Å². The third-order valence-corrected chi connectivity index (χ3v) is 3.11. The molecule has 0 bridgehead atoms. The molecule has 0 amide bonds. The molecule has 1 aromatic rings. The highest BCUT2D eigenvalue weighted by Crippen LogP contribution is 2.22. The predicted molar refractivity (Wildman–Crippen MR) is 99.4 cm³/mol. The lowest BCUT2D eigenvalue weighted by atomic mass is 9.86. The molecule has 0 fully saturated rings. The number of guanidine groups is 1. The molecule has 0 spiro atoms. The van der Waals surface area contributed by atoms with Crippen LogP contribution in [0, 0.1) is 5.41 Å². The van der Waals surface area contributed by atoms with Gasteiger partial charge >= 0.3 is 0 Å². The number of nitrogens with zero attached hydrogens (tertiary/aromatic N) is 1. The van der Waals surface area contributed by atoms with Gasteiger partial charge < -0.3 is 10.6 Å². The smallest absolute Gasteiger partial charge is 0.190 e. The van der Waals surface area contributed by atoms with Crippen molar-refractivity contribution in [2.24, 2.45) is 10.4 Å². The maximum atomic E-state index is 6.02. The maximum absolute atomic E-state index is 6.02. The van der Waals surface area contributed by atoms with Crippen molar-refractivity contribution in [3.05, 3.63) is 34.9 Å². The molecular formula is C15H25ClIN3. The first-order chi connectivity index (χ1) is 8.96. The lowest BCUT2D eigenvalue weighted by Crippen LogP contribution is -2.42. The average molecular weight is 410 g/mol. The van der Waals surface area contributed by atoms with Gasteiger partial charge in [-0.25, -0.2) is 0 Å². The summed E-state index contributed by atoms with van der Waals surface area (Å²) in [6, 6.07) is 8.05. The van der Waals surface area contributed by atoms with Crippen LogP contribution >= 0.6 is 35.6 Å². The largest absolute Gasteiger partial charge is 0.357 e. The van der Waals surface area contributed by atoms with Crippen LogP contribution in [0.3, 0.4) is 0 Å². The fourth-order valence-corrected chi connectivity index (χ4v) is 2.19. The maximum Gasteiger partial charge on any atom is 0.190 e. The summed E-state index contributed by atoms with van der Waals surface area (Å²) in [7, 11) is 1.79. The van der Waals surface area contributed by atoms with Crippen LogP contribution in [0.5, 0.6) is 0 Å². The first-order valence-corrected chi connectivity index (χ1v) is 7.03. The van der Waals surface area contributed by atoms with E-state index >= 15 is 0 Å². The number of nitrogens with one attached hydrogen (secondary N) is 2. The summed E-state index contributed by atoms with van der Waals surface area (Å²) < 4.78 is 0. The van der Waals surface area contributed by atoms with Crippen LogP contribution in [0.25, 0.3) is 0 Å². The lowest BCUT2D eigenvalue weighted by Gasteiger charge is -2.26. The summed E-state index contributed by atoms with van der Waals surface area (Å²) in [5, 5.41) is 7.34. The van der Waals surface area contributed by atoms with Crippen molar-refractivity contribution < 1.29 is 0 Å². The second kappa shape index (κ2) is 9.45. The third-order valence-electron chi connectivity index (χ3n) is 2.87. The molecule has 5 heteroatoms. The number of benzene rings is 1. The number of rotatable bonds is 5. The Labute approximate surface area is 144 Å². The Morgan fingerprint density at radius 2 is 2.00 bits per heavy atom. The summed E-state index contributed by atoms with van der Waals surface area (Å²) in [5.41, 5.74) is 1.40. The molecule has 0 unspecified atom stereocenters. The van der Waals surface area contributed by atoms with Gasteiger partial charge in [-0.05, 0) is 36.5 Å². The van der Waals surface area contributed by atoms with Crippen molar-refractivity contribution >= 4 is 41.5 Å². The molecule has 1 aromatic carbocycles. The average Bonchev–Trinajstić information content (AvgIpc) is 2.34. The highest BCUT2D eigenvalue weighted by atomic mass is 127. The van der Waals surface area contributed by atoms with Crippen LogP contribution in [0.1, 0.15) is 26.3 Å². The summed E-state index contributed by atoms with van der Waals surface area (Å²) >= 11 is 6.02. The van der Waals surface area contributed by atoms with Gasteiger partial charge in [-0.2, -0.15) is 0 Å². The second-order valence-corrected chi connectivity index (χ2v) is 5.86. The van der Waals surface area contributed by atoms with E-state index in [2.05, 4.69) is 42.5 Å². The van der Waals surface area contributed by atoms with Gasteiger partial charge in [0.2, 0.25) is 0 Å². The molecule has 0 radical (unpaired) electrons. The molecule has 1 rings (SSSR count). The van der Waals surface area contributed by atoms with Gasteiger partial charge in [0.25, 0.3) is 0 Å². The molecule has 0 aliphatic heterocycles. The van der Waals surface area contributed by atoms with E-state index in [9.17, 15) is 0 Å². The van der Waals surface area contributed by atoms with Crippen LogP contribution in [-0.2, 0) is 6.42 Å². The van der Waals surface area contributed by atoms with E-state index in [1.165, 1.54) is 5.56 Å². The quantitative estimate of drug-likeness (QED) is 0.442. The van der Waals surface area contributed by atoms with Gasteiger partial charge in [-0.15, -0.1) is 24.0 Å². The van der Waals surface area contributed by atoms with Crippen LogP contribution in [0.15, 0.2) is 29.3 Å². The Bertz CT molecular complexity index is 433. The topological polar surface area (TPSA) is 36.4 Å². The van der Waals surface area contributed by atoms with Gasteiger partial charge in [-0.3, -0.25) is 4.99 Å². The highest BCUT2D eigenvalue weighted by Gasteiger charge is 2.19. The molecule has 2 N–H and O–H groups in total. The molecule has 0 heterocycles. The summed E-state index contributed by atoms with van der Waals surface area (Å²) in [6.07, 6.45) is 0.976. The zero-order valence-electron chi connectivity index (χ0n) is 12.7. The SMILES string of the molecule is CCNC(=NC)NCC(C)(C)Cc1cccc(Cl)c1.I. The fourth-order valence-electron chi connectivity index (χ4n) is 1.97. The molecule has 0 aliphatic carbocycles. The van der Waals surface area contributed by atoms with E-state index in [0.717, 1.165) is 30.5 Å². The Morgan fingerprint density at radius 1 is 1.30 bits per heavy atom. The molecular weight excluding hydrogens is 385 g/mol. The molecule has 20 heavy (non-hydrogen) atoms. The molecule has 0 saturated heterocycles. The summed E-state index contributed by atoms with van der Waals surface area (Å²) in [6.45, 7) is 8.26. The standard InChI is InChI=1S/C15H24ClN3.HI/c1-5-18-14(17-4)19-11-15(2,3)10-12-7-6-8-13(16)9-12;/h6-9H,5,10-11H2,1-4H3,(H2,17,18,19);1H. The Balaban J connectivity index is 0.00000361. The first kappa shape index (κ1) is 19.5. The number of halogens is 2. The molecule has 0 saturated carbocycles. The van der Waals surface area contributed by atoms with E-state index < -0.39 is 0 Å². The molecule has 3 nitrogen and oxygen atoms in total. The van der Waals surface area contributed by atoms with Crippen molar-refractivity contribution in [3.8, 4) is 0 Å². The van der Waals surface area contributed by atoms with Crippen LogP contribution in [0.4, 0.5) is 0 Å². The predicted octanol–water partition coefficient (Wildman–Crippen LogP) is 3.71. The minimum absolute atomic E-state index is 0. The van der Waals surface area contributed by atoms with Crippen LogP contribution in [-0.4, -0.2) is 26.1 Å². The van der Waals surface area contributed by atoms with Crippen molar-refractivity contribution in [3.63, 3.8) is 0 Å². The third kappa shape index (κ3) is 7.33. The minimum atomic E-state index is 0. The van der Waals surface area contributed by atoms with E-state index in [0.29, 0.717) is 0 Å². The molecule has 114 valence electrons. The zero-order chi connectivity index (χ0) is 14.3. The van der Waals surface area contributed by atoms with E-state index in [-0.39, 0.29) is 29.4 Å². The monoisotopic (exact) mass is 409 g/mol. The Morgan fingerprint density at radius 3 is 2.55 bits per heavy atom. The van der Waals surface area contributed by atoms with Crippen molar-refractivity contribution in [1.82, 2.24) is 10.6 Å². The minimum Gasteiger partial charge on any atom is -0.357 e. The number of hydrogen-bond acceptors (Lipinski definition) is 1. The summed E-state index contributed by atoms with van der Waals surface area (Å²) in [5.74, 6) is 0.849. The second-order valence-electron chi connectivity index (χ2n) is 5.43. The van der Waals surface area contributed by atoms with Crippen molar-refractivity contribution in [2.45, 2.75) is 27.2 Å². The van der Waals surface area contributed by atoms with Crippen molar-refractivity contribution in [1.29, 1.82) is 0 Å². The lowest BCUT2D eigenvalue weighted by molar-refractivity contribution is 0.359. The summed E-state index contributed by atoms with van der Waals surface area (Å²) in [4.78, 5) is 4.18. The molecule has 0 aliphatic rings.